The minimum atomic E-state index is -0.175. The molecule has 0 spiro atoms. The number of hydrogen-bond donors (Lipinski definition) is 0. The molecule has 2 aliphatic rings. The number of rotatable bonds is 2. The van der Waals surface area contributed by atoms with Gasteiger partial charge in [0.05, 0.1) is 6.61 Å². The van der Waals surface area contributed by atoms with Gasteiger partial charge in [-0.1, -0.05) is 12.8 Å². The molecule has 2 saturated heterocycles. The van der Waals surface area contributed by atoms with Crippen molar-refractivity contribution in [3.8, 4) is 12.3 Å². The minimum Gasteiger partial charge on any atom is -0.352 e. The van der Waals surface area contributed by atoms with Crippen molar-refractivity contribution in [3.05, 3.63) is 0 Å². The van der Waals surface area contributed by atoms with Crippen LogP contribution in [0.4, 0.5) is 0 Å². The molecule has 13 heavy (non-hydrogen) atoms. The van der Waals surface area contributed by atoms with E-state index < -0.39 is 0 Å². The number of hydrogen-bond acceptors (Lipinski definition) is 3. The third-order valence-corrected chi connectivity index (χ3v) is 2.79. The third kappa shape index (κ3) is 1.58. The van der Waals surface area contributed by atoms with Crippen molar-refractivity contribution in [2.24, 2.45) is 11.8 Å². The zero-order valence-corrected chi connectivity index (χ0v) is 7.73. The molecule has 0 N–H and O–H groups in total. The molecule has 0 aromatic heterocycles. The molecule has 72 valence electrons. The van der Waals surface area contributed by atoms with Crippen LogP contribution in [0, 0.1) is 24.2 Å². The smallest absolute Gasteiger partial charge is 0.165 e. The normalized spacial score (nSPS) is 43.1. The predicted octanol–water partition coefficient (Wildman–Crippen LogP) is 0.991. The fourth-order valence-corrected chi connectivity index (χ4v) is 2.01. The maximum Gasteiger partial charge on any atom is 0.165 e. The lowest BCUT2D eigenvalue weighted by Crippen LogP contribution is -2.21. The molecule has 2 heterocycles. The van der Waals surface area contributed by atoms with E-state index >= 15 is 0 Å². The third-order valence-electron chi connectivity index (χ3n) is 2.79. The van der Waals surface area contributed by atoms with E-state index in [0.29, 0.717) is 18.4 Å². The van der Waals surface area contributed by atoms with E-state index in [9.17, 15) is 0 Å². The van der Waals surface area contributed by atoms with E-state index in [0.717, 1.165) is 13.0 Å². The lowest BCUT2D eigenvalue weighted by Gasteiger charge is -2.16. The van der Waals surface area contributed by atoms with Crippen LogP contribution in [0.25, 0.3) is 0 Å². The molecule has 4 atom stereocenters. The average molecular weight is 182 g/mol. The van der Waals surface area contributed by atoms with Gasteiger partial charge in [0.1, 0.15) is 6.61 Å². The van der Waals surface area contributed by atoms with Crippen molar-refractivity contribution in [3.63, 3.8) is 0 Å². The Hall–Kier alpha value is -0.560. The Labute approximate surface area is 78.4 Å². The maximum atomic E-state index is 5.56. The molecule has 2 aliphatic heterocycles. The molecule has 0 saturated carbocycles. The van der Waals surface area contributed by atoms with E-state index in [4.69, 9.17) is 20.6 Å². The number of fused-ring (bicyclic) bond motifs is 1. The predicted molar refractivity (Wildman–Crippen MR) is 46.7 cm³/mol. The van der Waals surface area contributed by atoms with Crippen LogP contribution in [0.15, 0.2) is 0 Å². The Morgan fingerprint density at radius 3 is 3.15 bits per heavy atom. The van der Waals surface area contributed by atoms with E-state index in [1.807, 2.05) is 0 Å². The molecule has 0 amide bonds. The van der Waals surface area contributed by atoms with E-state index in [1.54, 1.807) is 0 Å². The van der Waals surface area contributed by atoms with E-state index in [-0.39, 0.29) is 12.6 Å². The Morgan fingerprint density at radius 2 is 2.46 bits per heavy atom. The van der Waals surface area contributed by atoms with Gasteiger partial charge in [-0.3, -0.25) is 0 Å². The number of ether oxygens (including phenoxy) is 3. The SMILES string of the molecule is C#CCOC1O[C@H]2OCC[C@H]2[C@H]1C. The molecule has 2 fully saturated rings. The first kappa shape index (κ1) is 9.01. The molecular formula is C10H14O3. The Bertz CT molecular complexity index is 221. The molecular weight excluding hydrogens is 168 g/mol. The second kappa shape index (κ2) is 3.67. The summed E-state index contributed by atoms with van der Waals surface area (Å²) in [7, 11) is 0. The molecule has 3 heteroatoms. The van der Waals surface area contributed by atoms with Crippen LogP contribution in [0.3, 0.4) is 0 Å². The zero-order valence-electron chi connectivity index (χ0n) is 7.73. The molecule has 0 bridgehead atoms. The lowest BCUT2D eigenvalue weighted by atomic mass is 9.94. The first-order valence-corrected chi connectivity index (χ1v) is 4.65. The highest BCUT2D eigenvalue weighted by molar-refractivity contribution is 4.87. The molecule has 0 aromatic rings. The second-order valence-electron chi connectivity index (χ2n) is 3.57. The first-order chi connectivity index (χ1) is 6.33. The van der Waals surface area contributed by atoms with Gasteiger partial charge in [0.2, 0.25) is 0 Å². The molecule has 0 radical (unpaired) electrons. The molecule has 3 nitrogen and oxygen atoms in total. The highest BCUT2D eigenvalue weighted by atomic mass is 16.8. The fraction of sp³-hybridized carbons (Fsp3) is 0.800. The lowest BCUT2D eigenvalue weighted by molar-refractivity contribution is -0.198. The zero-order chi connectivity index (χ0) is 9.26. The fourth-order valence-electron chi connectivity index (χ4n) is 2.01. The average Bonchev–Trinajstić information content (AvgIpc) is 2.67. The summed E-state index contributed by atoms with van der Waals surface area (Å²) in [4.78, 5) is 0. The van der Waals surface area contributed by atoms with Gasteiger partial charge in [0.25, 0.3) is 0 Å². The Morgan fingerprint density at radius 1 is 1.62 bits per heavy atom. The van der Waals surface area contributed by atoms with Crippen molar-refractivity contribution in [2.75, 3.05) is 13.2 Å². The van der Waals surface area contributed by atoms with Crippen LogP contribution in [0.2, 0.25) is 0 Å². The quantitative estimate of drug-likeness (QED) is 0.596. The highest BCUT2D eigenvalue weighted by Gasteiger charge is 2.45. The monoisotopic (exact) mass is 182 g/mol. The van der Waals surface area contributed by atoms with Crippen LogP contribution in [0.5, 0.6) is 0 Å². The first-order valence-electron chi connectivity index (χ1n) is 4.65. The highest BCUT2D eigenvalue weighted by Crippen LogP contribution is 2.39. The van der Waals surface area contributed by atoms with Crippen molar-refractivity contribution >= 4 is 0 Å². The molecule has 1 unspecified atom stereocenters. The van der Waals surface area contributed by atoms with Gasteiger partial charge in [-0.15, -0.1) is 6.42 Å². The Balaban J connectivity index is 1.91. The van der Waals surface area contributed by atoms with Crippen molar-refractivity contribution < 1.29 is 14.2 Å². The van der Waals surface area contributed by atoms with Crippen LogP contribution < -0.4 is 0 Å². The summed E-state index contributed by atoms with van der Waals surface area (Å²) >= 11 is 0. The summed E-state index contributed by atoms with van der Waals surface area (Å²) in [6.07, 6.45) is 5.94. The van der Waals surface area contributed by atoms with E-state index in [1.165, 1.54) is 0 Å². The summed E-state index contributed by atoms with van der Waals surface area (Å²) in [5, 5.41) is 0. The van der Waals surface area contributed by atoms with Gasteiger partial charge in [0.15, 0.2) is 12.6 Å². The van der Waals surface area contributed by atoms with Crippen molar-refractivity contribution in [1.82, 2.24) is 0 Å². The van der Waals surface area contributed by atoms with Gasteiger partial charge in [0, 0.05) is 11.8 Å². The summed E-state index contributed by atoms with van der Waals surface area (Å²) in [5.41, 5.74) is 0. The molecule has 0 aliphatic carbocycles. The molecule has 2 rings (SSSR count). The van der Waals surface area contributed by atoms with Gasteiger partial charge in [-0.25, -0.2) is 0 Å². The standard InChI is InChI=1S/C10H14O3/c1-3-5-11-9-7(2)8-4-6-12-10(8)13-9/h1,7-10H,4-6H2,2H3/t7-,8+,9?,10-/m1/s1. The van der Waals surface area contributed by atoms with Crippen LogP contribution >= 0.6 is 0 Å². The van der Waals surface area contributed by atoms with Crippen LogP contribution in [0.1, 0.15) is 13.3 Å². The topological polar surface area (TPSA) is 27.7 Å². The largest absolute Gasteiger partial charge is 0.352 e. The molecule has 0 aromatic carbocycles. The van der Waals surface area contributed by atoms with Crippen molar-refractivity contribution in [1.29, 1.82) is 0 Å². The summed E-state index contributed by atoms with van der Waals surface area (Å²) in [6.45, 7) is 3.25. The van der Waals surface area contributed by atoms with Gasteiger partial charge < -0.3 is 14.2 Å². The summed E-state index contributed by atoms with van der Waals surface area (Å²) < 4.78 is 16.3. The summed E-state index contributed by atoms with van der Waals surface area (Å²) in [6, 6.07) is 0. The van der Waals surface area contributed by atoms with E-state index in [2.05, 4.69) is 12.8 Å². The van der Waals surface area contributed by atoms with Crippen LogP contribution in [-0.4, -0.2) is 25.8 Å². The van der Waals surface area contributed by atoms with Gasteiger partial charge in [-0.05, 0) is 6.42 Å². The second-order valence-corrected chi connectivity index (χ2v) is 3.57. The minimum absolute atomic E-state index is 0.0576. The van der Waals surface area contributed by atoms with Crippen molar-refractivity contribution in [2.45, 2.75) is 25.9 Å². The van der Waals surface area contributed by atoms with Gasteiger partial charge in [-0.2, -0.15) is 0 Å². The Kier molecular flexibility index (Phi) is 2.54. The van der Waals surface area contributed by atoms with Gasteiger partial charge >= 0.3 is 0 Å². The number of terminal acetylenes is 1. The maximum absolute atomic E-state index is 5.56. The summed E-state index contributed by atoms with van der Waals surface area (Å²) in [5.74, 6) is 3.32. The van der Waals surface area contributed by atoms with Crippen LogP contribution in [-0.2, 0) is 14.2 Å².